The van der Waals surface area contributed by atoms with Crippen LogP contribution in [-0.4, -0.2) is 46.3 Å². The fourth-order valence-corrected chi connectivity index (χ4v) is 3.99. The Balaban J connectivity index is 1.42. The topological polar surface area (TPSA) is 56.1 Å². The molecule has 0 saturated carbocycles. The quantitative estimate of drug-likeness (QED) is 0.631. The van der Waals surface area contributed by atoms with Gasteiger partial charge in [-0.15, -0.1) is 0 Å². The van der Waals surface area contributed by atoms with Gasteiger partial charge in [0.05, 0.1) is 11.6 Å². The van der Waals surface area contributed by atoms with E-state index in [-0.39, 0.29) is 0 Å². The second-order valence-corrected chi connectivity index (χ2v) is 7.10. The van der Waals surface area contributed by atoms with Crippen molar-refractivity contribution in [1.82, 2.24) is 14.9 Å². The van der Waals surface area contributed by atoms with E-state index in [1.807, 2.05) is 30.7 Å². The molecule has 0 radical (unpaired) electrons. The highest BCUT2D eigenvalue weighted by atomic mass is 32.2. The van der Waals surface area contributed by atoms with Gasteiger partial charge in [-0.3, -0.25) is 4.90 Å². The van der Waals surface area contributed by atoms with Crippen LogP contribution in [0.3, 0.4) is 0 Å². The van der Waals surface area contributed by atoms with Gasteiger partial charge in [0.15, 0.2) is 5.16 Å². The van der Waals surface area contributed by atoms with Gasteiger partial charge in [0.25, 0.3) is 0 Å². The number of piperazine rings is 1. The van der Waals surface area contributed by atoms with Crippen molar-refractivity contribution in [3.8, 4) is 6.07 Å². The standard InChI is InChI=1S/C18H19N5S/c1-24-18-20-7-6-17(21-18)22-11-15-8-16(12-22)23(15)10-14-4-2-13(9-19)3-5-14/h2-7,15-16H,8,10-12H2,1H3. The van der Waals surface area contributed by atoms with E-state index in [9.17, 15) is 0 Å². The Hall–Kier alpha value is -2.10. The van der Waals surface area contributed by atoms with E-state index >= 15 is 0 Å². The third-order valence-electron chi connectivity index (χ3n) is 4.92. The molecule has 1 aromatic carbocycles. The molecular weight excluding hydrogens is 318 g/mol. The first-order valence-electron chi connectivity index (χ1n) is 8.13. The summed E-state index contributed by atoms with van der Waals surface area (Å²) in [5, 5.41) is 9.73. The minimum absolute atomic E-state index is 0.590. The van der Waals surface area contributed by atoms with E-state index in [2.05, 4.69) is 38.0 Å². The molecule has 4 heterocycles. The number of rotatable bonds is 4. The maximum absolute atomic E-state index is 8.90. The van der Waals surface area contributed by atoms with Crippen molar-refractivity contribution < 1.29 is 0 Å². The number of benzene rings is 1. The van der Waals surface area contributed by atoms with Crippen LogP contribution in [0.4, 0.5) is 5.82 Å². The molecule has 2 aromatic rings. The van der Waals surface area contributed by atoms with Crippen LogP contribution in [0.2, 0.25) is 0 Å². The minimum atomic E-state index is 0.590. The summed E-state index contributed by atoms with van der Waals surface area (Å²) in [5.74, 6) is 1.04. The number of hydrogen-bond acceptors (Lipinski definition) is 6. The zero-order valence-corrected chi connectivity index (χ0v) is 14.4. The molecule has 24 heavy (non-hydrogen) atoms. The summed E-state index contributed by atoms with van der Waals surface area (Å²) in [6.45, 7) is 3.02. The van der Waals surface area contributed by atoms with Crippen molar-refractivity contribution in [3.05, 3.63) is 47.7 Å². The second kappa shape index (κ2) is 6.42. The van der Waals surface area contributed by atoms with Crippen molar-refractivity contribution in [3.63, 3.8) is 0 Å². The lowest BCUT2D eigenvalue weighted by Gasteiger charge is -2.56. The van der Waals surface area contributed by atoms with Gasteiger partial charge < -0.3 is 4.90 Å². The van der Waals surface area contributed by atoms with Gasteiger partial charge >= 0.3 is 0 Å². The zero-order valence-electron chi connectivity index (χ0n) is 13.6. The van der Waals surface area contributed by atoms with E-state index in [0.717, 1.165) is 36.2 Å². The van der Waals surface area contributed by atoms with Gasteiger partial charge in [0.2, 0.25) is 0 Å². The van der Waals surface area contributed by atoms with Gasteiger partial charge in [-0.2, -0.15) is 5.26 Å². The molecule has 2 unspecified atom stereocenters. The number of anilines is 1. The van der Waals surface area contributed by atoms with E-state index in [1.165, 1.54) is 12.0 Å². The summed E-state index contributed by atoms with van der Waals surface area (Å²) < 4.78 is 0. The highest BCUT2D eigenvalue weighted by molar-refractivity contribution is 7.98. The number of piperidine rings is 1. The van der Waals surface area contributed by atoms with Gasteiger partial charge in [-0.05, 0) is 36.4 Å². The second-order valence-electron chi connectivity index (χ2n) is 6.33. The molecular formula is C18H19N5S. The predicted molar refractivity (Wildman–Crippen MR) is 94.9 cm³/mol. The van der Waals surface area contributed by atoms with Gasteiger partial charge in [0.1, 0.15) is 5.82 Å². The maximum atomic E-state index is 8.90. The van der Waals surface area contributed by atoms with Crippen molar-refractivity contribution in [2.45, 2.75) is 30.2 Å². The van der Waals surface area contributed by atoms with Crippen LogP contribution in [0.5, 0.6) is 0 Å². The Bertz CT molecular complexity index is 758. The fraction of sp³-hybridized carbons (Fsp3) is 0.389. The Kier molecular flexibility index (Phi) is 4.13. The van der Waals surface area contributed by atoms with Crippen LogP contribution in [0.1, 0.15) is 17.5 Å². The Morgan fingerprint density at radius 2 is 1.96 bits per heavy atom. The van der Waals surface area contributed by atoms with Crippen LogP contribution in [0.15, 0.2) is 41.7 Å². The average molecular weight is 337 g/mol. The van der Waals surface area contributed by atoms with E-state index < -0.39 is 0 Å². The molecule has 2 bridgehead atoms. The number of fused-ring (bicyclic) bond motifs is 2. The number of aromatic nitrogens is 2. The Labute approximate surface area is 146 Å². The van der Waals surface area contributed by atoms with E-state index in [0.29, 0.717) is 12.1 Å². The highest BCUT2D eigenvalue weighted by Crippen LogP contribution is 2.35. The highest BCUT2D eigenvalue weighted by Gasteiger charge is 2.44. The lowest BCUT2D eigenvalue weighted by Crippen LogP contribution is -2.68. The molecule has 3 saturated heterocycles. The molecule has 0 amide bonds. The van der Waals surface area contributed by atoms with Crippen LogP contribution in [0, 0.1) is 11.3 Å². The first-order valence-corrected chi connectivity index (χ1v) is 9.36. The average Bonchev–Trinajstić information content (AvgIpc) is 2.66. The van der Waals surface area contributed by atoms with Crippen LogP contribution < -0.4 is 4.90 Å². The van der Waals surface area contributed by atoms with E-state index in [1.54, 1.807) is 11.8 Å². The molecule has 5 rings (SSSR count). The number of nitrogens with zero attached hydrogens (tertiary/aromatic N) is 5. The van der Waals surface area contributed by atoms with Crippen molar-refractivity contribution in [2.75, 3.05) is 24.2 Å². The van der Waals surface area contributed by atoms with Gasteiger partial charge in [-0.25, -0.2) is 9.97 Å². The van der Waals surface area contributed by atoms with Crippen molar-refractivity contribution in [2.24, 2.45) is 0 Å². The summed E-state index contributed by atoms with van der Waals surface area (Å²) in [7, 11) is 0. The van der Waals surface area contributed by atoms with Crippen LogP contribution in [-0.2, 0) is 6.54 Å². The summed E-state index contributed by atoms with van der Waals surface area (Å²) in [6, 6.07) is 13.3. The summed E-state index contributed by atoms with van der Waals surface area (Å²) in [5.41, 5.74) is 2.01. The number of hydrogen-bond donors (Lipinski definition) is 0. The summed E-state index contributed by atoms with van der Waals surface area (Å²) >= 11 is 1.58. The molecule has 5 nitrogen and oxygen atoms in total. The Morgan fingerprint density at radius 1 is 1.21 bits per heavy atom. The lowest BCUT2D eigenvalue weighted by molar-refractivity contribution is -0.00872. The predicted octanol–water partition coefficient (Wildman–Crippen LogP) is 2.53. The SMILES string of the molecule is CSc1nccc(N2CC3CC(C2)N3Cc2ccc(C#N)cc2)n1. The molecule has 0 aliphatic carbocycles. The summed E-state index contributed by atoms with van der Waals surface area (Å²) in [6.07, 6.45) is 5.13. The molecule has 0 N–H and O–H groups in total. The lowest BCUT2D eigenvalue weighted by atomic mass is 9.86. The minimum Gasteiger partial charge on any atom is -0.353 e. The third-order valence-corrected chi connectivity index (χ3v) is 5.48. The van der Waals surface area contributed by atoms with Crippen molar-refractivity contribution in [1.29, 1.82) is 5.26 Å². The van der Waals surface area contributed by atoms with Gasteiger partial charge in [-0.1, -0.05) is 23.9 Å². The third kappa shape index (κ3) is 2.85. The molecule has 3 aliphatic rings. The molecule has 122 valence electrons. The first-order chi connectivity index (χ1) is 11.8. The smallest absolute Gasteiger partial charge is 0.189 e. The molecule has 1 aromatic heterocycles. The largest absolute Gasteiger partial charge is 0.353 e. The fourth-order valence-electron chi connectivity index (χ4n) is 3.63. The summed E-state index contributed by atoms with van der Waals surface area (Å²) in [4.78, 5) is 13.8. The first kappa shape index (κ1) is 15.4. The zero-order chi connectivity index (χ0) is 16.5. The molecule has 0 spiro atoms. The molecule has 2 atom stereocenters. The normalized spacial score (nSPS) is 22.8. The number of nitriles is 1. The maximum Gasteiger partial charge on any atom is 0.189 e. The van der Waals surface area contributed by atoms with Crippen molar-refractivity contribution >= 4 is 17.6 Å². The van der Waals surface area contributed by atoms with E-state index in [4.69, 9.17) is 5.26 Å². The molecule has 3 aliphatic heterocycles. The molecule has 3 fully saturated rings. The van der Waals surface area contributed by atoms with Crippen LogP contribution in [0.25, 0.3) is 0 Å². The Morgan fingerprint density at radius 3 is 2.62 bits per heavy atom. The van der Waals surface area contributed by atoms with Crippen LogP contribution >= 0.6 is 11.8 Å². The number of thioether (sulfide) groups is 1. The van der Waals surface area contributed by atoms with Gasteiger partial charge in [0, 0.05) is 37.9 Å². The molecule has 6 heteroatoms. The monoisotopic (exact) mass is 337 g/mol.